The summed E-state index contributed by atoms with van der Waals surface area (Å²) < 4.78 is 36.6. The van der Waals surface area contributed by atoms with E-state index in [4.69, 9.17) is 5.11 Å². The minimum Gasteiger partial charge on any atom is -0.350 e. The molecular formula is C8H12F3NO2. The van der Waals surface area contributed by atoms with E-state index in [0.29, 0.717) is 6.42 Å². The Labute approximate surface area is 79.5 Å². The molecule has 0 radical (unpaired) electrons. The zero-order valence-corrected chi connectivity index (χ0v) is 7.93. The lowest BCUT2D eigenvalue weighted by Gasteiger charge is -2.22. The van der Waals surface area contributed by atoms with Crippen molar-refractivity contribution in [3.05, 3.63) is 0 Å². The predicted octanol–water partition coefficient (Wildman–Crippen LogP) is 2.06. The van der Waals surface area contributed by atoms with E-state index in [1.54, 1.807) is 0 Å². The van der Waals surface area contributed by atoms with Gasteiger partial charge in [-0.05, 0) is 12.3 Å². The highest BCUT2D eigenvalue weighted by atomic mass is 19.4. The van der Waals surface area contributed by atoms with E-state index in [-0.39, 0.29) is 11.6 Å². The zero-order valence-electron chi connectivity index (χ0n) is 7.93. The standard InChI is InChI=1S/C8H12F3NO2/c1-5(2)3-6-4-7(13,14-12-6)8(9,10)11/h5,13H,3-4H2,1-2H3/t7-/m1/s1. The van der Waals surface area contributed by atoms with Gasteiger partial charge in [0.05, 0.1) is 12.1 Å². The van der Waals surface area contributed by atoms with Crippen molar-refractivity contribution in [3.8, 4) is 0 Å². The normalized spacial score (nSPS) is 27.8. The van der Waals surface area contributed by atoms with Crippen LogP contribution >= 0.6 is 0 Å². The van der Waals surface area contributed by atoms with Gasteiger partial charge < -0.3 is 9.94 Å². The quantitative estimate of drug-likeness (QED) is 0.759. The molecule has 6 heteroatoms. The number of nitrogens with zero attached hydrogens (tertiary/aromatic N) is 1. The van der Waals surface area contributed by atoms with Crippen molar-refractivity contribution in [3.63, 3.8) is 0 Å². The summed E-state index contributed by atoms with van der Waals surface area (Å²) >= 11 is 0. The van der Waals surface area contributed by atoms with Crippen LogP contribution in [0, 0.1) is 5.92 Å². The number of hydrogen-bond acceptors (Lipinski definition) is 3. The molecule has 0 saturated heterocycles. The van der Waals surface area contributed by atoms with Crippen molar-refractivity contribution in [2.75, 3.05) is 0 Å². The lowest BCUT2D eigenvalue weighted by Crippen LogP contribution is -2.45. The van der Waals surface area contributed by atoms with E-state index in [1.165, 1.54) is 0 Å². The first-order chi connectivity index (χ1) is 6.24. The molecular weight excluding hydrogens is 199 g/mol. The van der Waals surface area contributed by atoms with Crippen LogP contribution in [0.1, 0.15) is 26.7 Å². The third-order valence-electron chi connectivity index (χ3n) is 1.86. The average molecular weight is 211 g/mol. The molecule has 3 nitrogen and oxygen atoms in total. The Morgan fingerprint density at radius 1 is 1.57 bits per heavy atom. The first-order valence-corrected chi connectivity index (χ1v) is 4.27. The van der Waals surface area contributed by atoms with Crippen LogP contribution in [0.5, 0.6) is 0 Å². The van der Waals surface area contributed by atoms with Crippen LogP contribution < -0.4 is 0 Å². The molecule has 0 amide bonds. The molecule has 14 heavy (non-hydrogen) atoms. The Morgan fingerprint density at radius 2 is 2.14 bits per heavy atom. The predicted molar refractivity (Wildman–Crippen MR) is 43.6 cm³/mol. The fraction of sp³-hybridized carbons (Fsp3) is 0.875. The SMILES string of the molecule is CC(C)CC1=NO[C@@](O)(C(F)(F)F)C1. The Morgan fingerprint density at radius 3 is 2.50 bits per heavy atom. The molecule has 82 valence electrons. The summed E-state index contributed by atoms with van der Waals surface area (Å²) in [6, 6.07) is 0. The smallest absolute Gasteiger partial charge is 0.350 e. The molecule has 1 heterocycles. The number of oxime groups is 1. The van der Waals surface area contributed by atoms with Crippen LogP contribution in [0.4, 0.5) is 13.2 Å². The summed E-state index contributed by atoms with van der Waals surface area (Å²) in [5.74, 6) is -2.93. The maximum Gasteiger partial charge on any atom is 0.458 e. The van der Waals surface area contributed by atoms with Crippen molar-refractivity contribution in [2.24, 2.45) is 11.1 Å². The fourth-order valence-electron chi connectivity index (χ4n) is 1.21. The van der Waals surface area contributed by atoms with Gasteiger partial charge in [0.2, 0.25) is 0 Å². The molecule has 1 atom stereocenters. The monoisotopic (exact) mass is 211 g/mol. The van der Waals surface area contributed by atoms with E-state index in [9.17, 15) is 13.2 Å². The third-order valence-corrected chi connectivity index (χ3v) is 1.86. The number of halogens is 3. The van der Waals surface area contributed by atoms with Crippen LogP contribution in [0.25, 0.3) is 0 Å². The Kier molecular flexibility index (Phi) is 2.76. The topological polar surface area (TPSA) is 41.8 Å². The summed E-state index contributed by atoms with van der Waals surface area (Å²) in [4.78, 5) is 4.04. The van der Waals surface area contributed by atoms with Crippen LogP contribution in [0.2, 0.25) is 0 Å². The largest absolute Gasteiger partial charge is 0.458 e. The highest BCUT2D eigenvalue weighted by Gasteiger charge is 2.60. The lowest BCUT2D eigenvalue weighted by molar-refractivity contribution is -0.355. The van der Waals surface area contributed by atoms with Crippen LogP contribution in [0.15, 0.2) is 5.16 Å². The van der Waals surface area contributed by atoms with Gasteiger partial charge in [0, 0.05) is 0 Å². The molecule has 0 spiro atoms. The van der Waals surface area contributed by atoms with Crippen LogP contribution in [-0.4, -0.2) is 22.8 Å². The maximum atomic E-state index is 12.2. The van der Waals surface area contributed by atoms with Crippen molar-refractivity contribution >= 4 is 5.71 Å². The van der Waals surface area contributed by atoms with E-state index in [2.05, 4.69) is 9.99 Å². The molecule has 1 aliphatic heterocycles. The Bertz CT molecular complexity index is 249. The average Bonchev–Trinajstić information content (AvgIpc) is 2.30. The Hall–Kier alpha value is -0.780. The summed E-state index contributed by atoms with van der Waals surface area (Å²) in [6.07, 6.45) is -4.98. The van der Waals surface area contributed by atoms with E-state index < -0.39 is 18.4 Å². The second-order valence-corrected chi connectivity index (χ2v) is 3.81. The molecule has 0 bridgehead atoms. The molecule has 0 aliphatic carbocycles. The second kappa shape index (κ2) is 3.42. The van der Waals surface area contributed by atoms with E-state index >= 15 is 0 Å². The fourth-order valence-corrected chi connectivity index (χ4v) is 1.21. The van der Waals surface area contributed by atoms with Gasteiger partial charge in [-0.15, -0.1) is 0 Å². The minimum atomic E-state index is -4.80. The number of rotatable bonds is 2. The van der Waals surface area contributed by atoms with E-state index in [1.807, 2.05) is 13.8 Å². The van der Waals surface area contributed by atoms with Gasteiger partial charge in [-0.3, -0.25) is 0 Å². The highest BCUT2D eigenvalue weighted by Crippen LogP contribution is 2.38. The van der Waals surface area contributed by atoms with Crippen molar-refractivity contribution < 1.29 is 23.1 Å². The zero-order chi connectivity index (χ0) is 11.0. The second-order valence-electron chi connectivity index (χ2n) is 3.81. The van der Waals surface area contributed by atoms with Crippen molar-refractivity contribution in [1.29, 1.82) is 0 Å². The van der Waals surface area contributed by atoms with Gasteiger partial charge in [0.1, 0.15) is 0 Å². The minimum absolute atomic E-state index is 0.188. The van der Waals surface area contributed by atoms with Gasteiger partial charge in [0.15, 0.2) is 0 Å². The first kappa shape index (κ1) is 11.3. The maximum absolute atomic E-state index is 12.2. The summed E-state index contributed by atoms with van der Waals surface area (Å²) in [5, 5.41) is 12.3. The summed E-state index contributed by atoms with van der Waals surface area (Å²) in [5.41, 5.74) is 0.250. The summed E-state index contributed by atoms with van der Waals surface area (Å²) in [7, 11) is 0. The number of hydrogen-bond donors (Lipinski definition) is 1. The van der Waals surface area contributed by atoms with Gasteiger partial charge >= 0.3 is 12.0 Å². The highest BCUT2D eigenvalue weighted by molar-refractivity contribution is 5.86. The van der Waals surface area contributed by atoms with Gasteiger partial charge in [-0.2, -0.15) is 13.2 Å². The van der Waals surface area contributed by atoms with Gasteiger partial charge in [0.25, 0.3) is 0 Å². The number of alkyl halides is 3. The Balaban J connectivity index is 2.61. The molecule has 1 rings (SSSR count). The van der Waals surface area contributed by atoms with Crippen LogP contribution in [-0.2, 0) is 4.84 Å². The van der Waals surface area contributed by atoms with Crippen molar-refractivity contribution in [1.82, 2.24) is 0 Å². The summed E-state index contributed by atoms with van der Waals surface area (Å²) in [6.45, 7) is 3.71. The third kappa shape index (κ3) is 2.17. The van der Waals surface area contributed by atoms with Crippen molar-refractivity contribution in [2.45, 2.75) is 38.7 Å². The van der Waals surface area contributed by atoms with Gasteiger partial charge in [-0.1, -0.05) is 19.0 Å². The molecule has 0 fully saturated rings. The van der Waals surface area contributed by atoms with Gasteiger partial charge in [-0.25, -0.2) is 0 Å². The molecule has 0 saturated carbocycles. The first-order valence-electron chi connectivity index (χ1n) is 4.27. The lowest BCUT2D eigenvalue weighted by atomic mass is 10.0. The van der Waals surface area contributed by atoms with Crippen LogP contribution in [0.3, 0.4) is 0 Å². The van der Waals surface area contributed by atoms with E-state index in [0.717, 1.165) is 0 Å². The molecule has 0 aromatic carbocycles. The molecule has 1 aliphatic rings. The molecule has 0 aromatic heterocycles. The molecule has 0 aromatic rings. The molecule has 1 N–H and O–H groups in total. The number of aliphatic hydroxyl groups is 1. The molecule has 0 unspecified atom stereocenters.